The minimum Gasteiger partial charge on any atom is -0.476 e. The van der Waals surface area contributed by atoms with Gasteiger partial charge in [-0.25, -0.2) is 9.59 Å². The predicted molar refractivity (Wildman–Crippen MR) is 127 cm³/mol. The molecule has 0 bridgehead atoms. The Balaban J connectivity index is 1.16. The lowest BCUT2D eigenvalue weighted by Crippen LogP contribution is -2.29. The van der Waals surface area contributed by atoms with Gasteiger partial charge in [0.15, 0.2) is 11.5 Å². The molecule has 9 heteroatoms. The number of hydrogen-bond donors (Lipinski definition) is 3. The third-order valence-electron chi connectivity index (χ3n) is 6.02. The van der Waals surface area contributed by atoms with E-state index in [1.807, 2.05) is 31.2 Å². The van der Waals surface area contributed by atoms with Crippen molar-refractivity contribution in [3.63, 3.8) is 0 Å². The fourth-order valence-corrected chi connectivity index (χ4v) is 4.24. The van der Waals surface area contributed by atoms with Gasteiger partial charge in [-0.05, 0) is 34.6 Å². The first-order chi connectivity index (χ1) is 16.9. The van der Waals surface area contributed by atoms with Crippen LogP contribution in [0.25, 0.3) is 11.1 Å². The van der Waals surface area contributed by atoms with Gasteiger partial charge in [-0.2, -0.15) is 0 Å². The van der Waals surface area contributed by atoms with Crippen molar-refractivity contribution in [1.82, 2.24) is 15.8 Å². The molecule has 3 aromatic rings. The van der Waals surface area contributed by atoms with Crippen molar-refractivity contribution < 1.29 is 28.8 Å². The van der Waals surface area contributed by atoms with Crippen molar-refractivity contribution in [2.75, 3.05) is 13.2 Å². The molecule has 1 atom stereocenters. The number of fused-ring (bicyclic) bond motifs is 3. The van der Waals surface area contributed by atoms with Gasteiger partial charge in [0.05, 0.1) is 6.54 Å². The van der Waals surface area contributed by atoms with Crippen LogP contribution in [0.2, 0.25) is 0 Å². The topological polar surface area (TPSA) is 131 Å². The highest BCUT2D eigenvalue weighted by Crippen LogP contribution is 2.44. The quantitative estimate of drug-likeness (QED) is 0.403. The van der Waals surface area contributed by atoms with Gasteiger partial charge in [-0.15, -0.1) is 0 Å². The fourth-order valence-electron chi connectivity index (χ4n) is 4.24. The Bertz CT molecular complexity index is 1180. The molecule has 0 saturated carbocycles. The summed E-state index contributed by atoms with van der Waals surface area (Å²) < 4.78 is 10.4. The molecule has 0 saturated heterocycles. The normalized spacial score (nSPS) is 12.9. The number of alkyl carbamates (subject to hydrolysis) is 1. The number of ether oxygens (including phenoxy) is 1. The molecule has 1 aromatic heterocycles. The van der Waals surface area contributed by atoms with Crippen LogP contribution in [0.1, 0.15) is 53.1 Å². The molecule has 182 valence electrons. The maximum absolute atomic E-state index is 12.3. The van der Waals surface area contributed by atoms with Crippen LogP contribution >= 0.6 is 0 Å². The Hall–Kier alpha value is -4.14. The highest BCUT2D eigenvalue weighted by atomic mass is 16.5. The number of rotatable bonds is 10. The molecule has 0 spiro atoms. The summed E-state index contributed by atoms with van der Waals surface area (Å²) in [5, 5.41) is 17.7. The van der Waals surface area contributed by atoms with E-state index in [4.69, 9.17) is 14.4 Å². The molecule has 0 fully saturated rings. The number of nitrogens with one attached hydrogen (secondary N) is 2. The molecule has 35 heavy (non-hydrogen) atoms. The van der Waals surface area contributed by atoms with Crippen LogP contribution in [0.3, 0.4) is 0 Å². The average molecular weight is 478 g/mol. The smallest absolute Gasteiger partial charge is 0.407 e. The number of carbonyl (C=O) groups excluding carboxylic acids is 2. The summed E-state index contributed by atoms with van der Waals surface area (Å²) in [6.07, 6.45) is 0.373. The summed E-state index contributed by atoms with van der Waals surface area (Å²) in [5.74, 6) is -1.10. The first-order valence-electron chi connectivity index (χ1n) is 11.5. The van der Waals surface area contributed by atoms with Crippen LogP contribution in [0.5, 0.6) is 0 Å². The maximum atomic E-state index is 12.3. The van der Waals surface area contributed by atoms with Gasteiger partial charge >= 0.3 is 12.1 Å². The number of amides is 2. The van der Waals surface area contributed by atoms with Crippen molar-refractivity contribution >= 4 is 18.0 Å². The number of carbonyl (C=O) groups is 3. The van der Waals surface area contributed by atoms with E-state index in [1.165, 1.54) is 17.2 Å². The Labute approximate surface area is 202 Å². The van der Waals surface area contributed by atoms with E-state index in [0.717, 1.165) is 11.1 Å². The highest BCUT2D eigenvalue weighted by Gasteiger charge is 2.29. The Morgan fingerprint density at radius 3 is 2.34 bits per heavy atom. The summed E-state index contributed by atoms with van der Waals surface area (Å²) in [6, 6.07) is 17.6. The van der Waals surface area contributed by atoms with E-state index in [9.17, 15) is 14.4 Å². The number of carboxylic acid groups (broad SMARTS) is 1. The molecule has 4 rings (SSSR count). The molecule has 1 heterocycles. The molecule has 3 N–H and O–H groups in total. The minimum absolute atomic E-state index is 0.00621. The molecule has 9 nitrogen and oxygen atoms in total. The molecular weight excluding hydrogens is 450 g/mol. The molecule has 2 aromatic carbocycles. The lowest BCUT2D eigenvalue weighted by Gasteiger charge is -2.15. The largest absolute Gasteiger partial charge is 0.476 e. The average Bonchev–Trinajstić information content (AvgIpc) is 3.45. The molecule has 0 aliphatic heterocycles. The van der Waals surface area contributed by atoms with Gasteiger partial charge in [0.2, 0.25) is 5.91 Å². The first kappa shape index (κ1) is 24.0. The van der Waals surface area contributed by atoms with Gasteiger partial charge in [0, 0.05) is 24.9 Å². The molecule has 1 unspecified atom stereocenters. The lowest BCUT2D eigenvalue weighted by atomic mass is 9.98. The van der Waals surface area contributed by atoms with Gasteiger partial charge in [0.25, 0.3) is 0 Å². The molecule has 0 radical (unpaired) electrons. The van der Waals surface area contributed by atoms with E-state index in [1.54, 1.807) is 0 Å². The second kappa shape index (κ2) is 10.9. The highest BCUT2D eigenvalue weighted by molar-refractivity contribution is 5.85. The standard InChI is InChI=1S/C26H27N3O6/c1-16(12-24(30)28-14-17-13-23(25(31)32)29-35-17)10-11-27-26(33)34-15-22-20-8-4-2-6-18(20)19-7-3-5-9-21(19)22/h2-9,13,16,22H,10-12,14-15H2,1H3,(H,27,33)(H,28,30)(H,31,32). The van der Waals surface area contributed by atoms with Crippen LogP contribution in [0, 0.1) is 5.92 Å². The Kier molecular flexibility index (Phi) is 7.45. The summed E-state index contributed by atoms with van der Waals surface area (Å²) in [6.45, 7) is 2.61. The maximum Gasteiger partial charge on any atom is 0.407 e. The van der Waals surface area contributed by atoms with Gasteiger partial charge in [-0.1, -0.05) is 60.6 Å². The molecule has 1 aliphatic rings. The van der Waals surface area contributed by atoms with Gasteiger partial charge < -0.3 is 25.0 Å². The Morgan fingerprint density at radius 2 is 1.71 bits per heavy atom. The van der Waals surface area contributed by atoms with E-state index >= 15 is 0 Å². The lowest BCUT2D eigenvalue weighted by molar-refractivity contribution is -0.122. The number of aromatic nitrogens is 1. The molecular formula is C26H27N3O6. The van der Waals surface area contributed by atoms with Crippen LogP contribution in [-0.4, -0.2) is 41.4 Å². The molecule has 1 aliphatic carbocycles. The zero-order valence-corrected chi connectivity index (χ0v) is 19.3. The second-order valence-corrected chi connectivity index (χ2v) is 8.61. The van der Waals surface area contributed by atoms with Crippen molar-refractivity contribution in [2.24, 2.45) is 5.92 Å². The third kappa shape index (κ3) is 5.87. The van der Waals surface area contributed by atoms with E-state index in [2.05, 4.69) is 40.1 Å². The Morgan fingerprint density at radius 1 is 1.06 bits per heavy atom. The van der Waals surface area contributed by atoms with Crippen LogP contribution < -0.4 is 10.6 Å². The fraction of sp³-hybridized carbons (Fsp3) is 0.308. The summed E-state index contributed by atoms with van der Waals surface area (Å²) in [7, 11) is 0. The monoisotopic (exact) mass is 477 g/mol. The summed E-state index contributed by atoms with van der Waals surface area (Å²) >= 11 is 0. The van der Waals surface area contributed by atoms with Crippen molar-refractivity contribution in [2.45, 2.75) is 32.2 Å². The zero-order valence-electron chi connectivity index (χ0n) is 19.3. The predicted octanol–water partition coefficient (Wildman–Crippen LogP) is 3.94. The number of carboxylic acids is 1. The SMILES string of the molecule is CC(CCNC(=O)OCC1c2ccccc2-c2ccccc21)CC(=O)NCc1cc(C(=O)O)no1. The number of aromatic carboxylic acids is 1. The molecule has 2 amide bonds. The summed E-state index contributed by atoms with van der Waals surface area (Å²) in [4.78, 5) is 35.2. The second-order valence-electron chi connectivity index (χ2n) is 8.61. The van der Waals surface area contributed by atoms with Gasteiger partial charge in [-0.3, -0.25) is 4.79 Å². The number of nitrogens with zero attached hydrogens (tertiary/aromatic N) is 1. The van der Waals surface area contributed by atoms with E-state index in [0.29, 0.717) is 13.0 Å². The number of benzene rings is 2. The van der Waals surface area contributed by atoms with Crippen LogP contribution in [0.4, 0.5) is 4.79 Å². The van der Waals surface area contributed by atoms with Crippen molar-refractivity contribution in [1.29, 1.82) is 0 Å². The van der Waals surface area contributed by atoms with E-state index < -0.39 is 12.1 Å². The third-order valence-corrected chi connectivity index (χ3v) is 6.02. The number of hydrogen-bond acceptors (Lipinski definition) is 6. The van der Waals surface area contributed by atoms with E-state index in [-0.39, 0.29) is 48.8 Å². The van der Waals surface area contributed by atoms with Crippen LogP contribution in [0.15, 0.2) is 59.1 Å². The van der Waals surface area contributed by atoms with Gasteiger partial charge in [0.1, 0.15) is 6.61 Å². The summed E-state index contributed by atoms with van der Waals surface area (Å²) in [5.41, 5.74) is 4.46. The van der Waals surface area contributed by atoms with Crippen LogP contribution in [-0.2, 0) is 16.1 Å². The van der Waals surface area contributed by atoms with Crippen molar-refractivity contribution in [3.8, 4) is 11.1 Å². The van der Waals surface area contributed by atoms with Crippen molar-refractivity contribution in [3.05, 3.63) is 77.2 Å². The minimum atomic E-state index is -1.19. The zero-order chi connectivity index (χ0) is 24.8. The first-order valence-corrected chi connectivity index (χ1v) is 11.5.